The number of hydrogen-bond donors (Lipinski definition) is 0. The van der Waals surface area contributed by atoms with Gasteiger partial charge in [-0.15, -0.1) is 21.9 Å². The van der Waals surface area contributed by atoms with Crippen molar-refractivity contribution in [3.63, 3.8) is 0 Å². The molecule has 0 aliphatic heterocycles. The lowest BCUT2D eigenvalue weighted by atomic mass is 9.12. The van der Waals surface area contributed by atoms with E-state index in [1.807, 2.05) is 24.3 Å². The number of hydrogen-bond acceptors (Lipinski definition) is 1. The number of ketones is 1. The highest BCUT2D eigenvalue weighted by molar-refractivity contribution is 9.10. The van der Waals surface area contributed by atoms with Gasteiger partial charge in [0.2, 0.25) is 5.78 Å². The van der Waals surface area contributed by atoms with Gasteiger partial charge in [0, 0.05) is 10.0 Å². The first-order chi connectivity index (χ1) is 26.8. The minimum absolute atomic E-state index is 0.187. The van der Waals surface area contributed by atoms with Gasteiger partial charge in [0.25, 0.3) is 0 Å². The van der Waals surface area contributed by atoms with Crippen molar-refractivity contribution in [1.29, 1.82) is 0 Å². The van der Waals surface area contributed by atoms with Gasteiger partial charge in [0.05, 0.1) is 12.5 Å². The zero-order valence-corrected chi connectivity index (χ0v) is 30.3. The third-order valence-electron chi connectivity index (χ3n) is 8.29. The summed E-state index contributed by atoms with van der Waals surface area (Å²) in [6.07, 6.45) is -3.06. The van der Waals surface area contributed by atoms with Crippen LogP contribution in [0.15, 0.2) is 28.7 Å². The fourth-order valence-corrected chi connectivity index (χ4v) is 6.81. The Labute approximate surface area is 321 Å². The van der Waals surface area contributed by atoms with E-state index in [0.717, 1.165) is 10.0 Å². The minimum Gasteiger partial charge on any atom is -0.289 e. The van der Waals surface area contributed by atoms with E-state index < -0.39 is 144 Å². The lowest BCUT2D eigenvalue weighted by Crippen LogP contribution is -2.81. The van der Waals surface area contributed by atoms with Crippen molar-refractivity contribution in [3.8, 4) is 0 Å². The molecule has 0 aliphatic rings. The molecule has 58 heavy (non-hydrogen) atoms. The molecule has 0 atom stereocenters. The molecular formula is C34H12BBrF20OS. The molecule has 5 aromatic rings. The normalized spacial score (nSPS) is 11.7. The van der Waals surface area contributed by atoms with Crippen LogP contribution in [0, 0.1) is 116 Å². The molecule has 0 aromatic heterocycles. The SMILES string of the molecule is C[S+](C)CC(=O)c1ccc(Br)cc1.Fc1c(F)c(F)c([B-](c2c(F)c(F)c(F)c(F)c2F)(c2c(F)c(F)c(F)c(F)c2F)c2c(F)c(F)c(F)c(F)c2F)c(F)c1F. The Morgan fingerprint density at radius 3 is 0.776 bits per heavy atom. The van der Waals surface area contributed by atoms with Crippen molar-refractivity contribution in [2.45, 2.75) is 0 Å². The van der Waals surface area contributed by atoms with Gasteiger partial charge in [-0.25, -0.2) is 87.8 Å². The molecule has 0 radical (unpaired) electrons. The average Bonchev–Trinajstić information content (AvgIpc) is 3.18. The Kier molecular flexibility index (Phi) is 13.4. The van der Waals surface area contributed by atoms with Crippen LogP contribution in [-0.4, -0.2) is 30.2 Å². The van der Waals surface area contributed by atoms with E-state index in [2.05, 4.69) is 28.4 Å². The number of carbonyl (C=O) groups excluding carboxylic acids is 1. The van der Waals surface area contributed by atoms with E-state index in [0.29, 0.717) is 5.75 Å². The van der Waals surface area contributed by atoms with Gasteiger partial charge in [-0.3, -0.25) is 4.79 Å². The van der Waals surface area contributed by atoms with Gasteiger partial charge in [-0.05, 0) is 23.0 Å². The van der Waals surface area contributed by atoms with E-state index >= 15 is 35.1 Å². The lowest BCUT2D eigenvalue weighted by Gasteiger charge is -2.44. The van der Waals surface area contributed by atoms with Crippen molar-refractivity contribution >= 4 is 60.6 Å². The fourth-order valence-electron chi connectivity index (χ4n) is 5.86. The fraction of sp³-hybridized carbons (Fsp3) is 0.0882. The summed E-state index contributed by atoms with van der Waals surface area (Å²) in [6.45, 7) is 0. The van der Waals surface area contributed by atoms with Crippen LogP contribution < -0.4 is 21.9 Å². The lowest BCUT2D eigenvalue weighted by molar-refractivity contribution is 0.102. The summed E-state index contributed by atoms with van der Waals surface area (Å²) in [5.74, 6) is -70.5. The molecule has 310 valence electrons. The summed E-state index contributed by atoms with van der Waals surface area (Å²) in [4.78, 5) is 11.6. The molecule has 0 saturated heterocycles. The Morgan fingerprint density at radius 1 is 0.397 bits per heavy atom. The van der Waals surface area contributed by atoms with E-state index in [1.165, 1.54) is 0 Å². The third-order valence-corrected chi connectivity index (χ3v) is 9.66. The zero-order chi connectivity index (χ0) is 44.2. The molecule has 0 unspecified atom stereocenters. The standard InChI is InChI=1S/C24BF20.C10H12BrOS/c26-5-1(6(27)14(35)21(42)13(5)34)25(2-7(28)15(36)22(43)16(37)8(2)29,3-9(30)17(38)23(44)18(39)10(3)31)4-11(32)19(40)24(45)20(41)12(4)33;1-13(2)7-10(12)8-3-5-9(11)6-4-8/h;3-6H,7H2,1-2H3/q-1;+1. The summed E-state index contributed by atoms with van der Waals surface area (Å²) in [5.41, 5.74) is -13.5. The number of carbonyl (C=O) groups is 1. The number of benzene rings is 5. The van der Waals surface area contributed by atoms with Crippen LogP contribution in [0.5, 0.6) is 0 Å². The first-order valence-electron chi connectivity index (χ1n) is 14.9. The van der Waals surface area contributed by atoms with Gasteiger partial charge >= 0.3 is 0 Å². The van der Waals surface area contributed by atoms with Crippen LogP contribution in [0.2, 0.25) is 0 Å². The Hall–Kier alpha value is -4.74. The summed E-state index contributed by atoms with van der Waals surface area (Å²) in [7, 11) is 0.187. The summed E-state index contributed by atoms with van der Waals surface area (Å²) in [5, 5.41) is 0. The molecular weight excluding hydrogens is 927 g/mol. The van der Waals surface area contributed by atoms with Crippen LogP contribution in [0.4, 0.5) is 87.8 Å². The van der Waals surface area contributed by atoms with E-state index in [4.69, 9.17) is 0 Å². The average molecular weight is 939 g/mol. The van der Waals surface area contributed by atoms with Gasteiger partial charge in [0.15, 0.2) is 75.6 Å². The number of rotatable bonds is 7. The Balaban J connectivity index is 0.000000486. The summed E-state index contributed by atoms with van der Waals surface area (Å²) in [6, 6.07) is 7.52. The molecule has 0 bridgehead atoms. The van der Waals surface area contributed by atoms with Gasteiger partial charge in [-0.1, -0.05) is 28.1 Å². The van der Waals surface area contributed by atoms with E-state index in [1.54, 1.807) is 0 Å². The van der Waals surface area contributed by atoms with Gasteiger partial charge in [0.1, 0.15) is 52.7 Å². The predicted molar refractivity (Wildman–Crippen MR) is 172 cm³/mol. The van der Waals surface area contributed by atoms with Crippen molar-refractivity contribution < 1.29 is 92.6 Å². The molecule has 0 amide bonds. The largest absolute Gasteiger partial charge is 0.289 e. The molecule has 0 aliphatic carbocycles. The van der Waals surface area contributed by atoms with Crippen LogP contribution >= 0.6 is 15.9 Å². The van der Waals surface area contributed by atoms with Crippen LogP contribution in [-0.2, 0) is 10.9 Å². The maximum atomic E-state index is 15.4. The second-order valence-corrected chi connectivity index (χ2v) is 15.0. The Morgan fingerprint density at radius 2 is 0.586 bits per heavy atom. The van der Waals surface area contributed by atoms with Gasteiger partial charge < -0.3 is 0 Å². The molecule has 5 aromatic carbocycles. The van der Waals surface area contributed by atoms with Crippen molar-refractivity contribution in [1.82, 2.24) is 0 Å². The van der Waals surface area contributed by atoms with Crippen LogP contribution in [0.3, 0.4) is 0 Å². The highest BCUT2D eigenvalue weighted by Crippen LogP contribution is 2.30. The third kappa shape index (κ3) is 7.29. The Bertz CT molecular complexity index is 2110. The van der Waals surface area contributed by atoms with Crippen molar-refractivity contribution in [2.24, 2.45) is 0 Å². The second kappa shape index (κ2) is 16.9. The van der Waals surface area contributed by atoms with Crippen molar-refractivity contribution in [2.75, 3.05) is 18.3 Å². The van der Waals surface area contributed by atoms with Crippen LogP contribution in [0.25, 0.3) is 0 Å². The second-order valence-electron chi connectivity index (χ2n) is 11.9. The first-order valence-corrected chi connectivity index (χ1v) is 17.9. The maximum Gasteiger partial charge on any atom is 0.211 e. The van der Waals surface area contributed by atoms with Crippen LogP contribution in [0.1, 0.15) is 10.4 Å². The maximum absolute atomic E-state index is 15.4. The predicted octanol–water partition coefficient (Wildman–Crippen LogP) is 8.36. The highest BCUT2D eigenvalue weighted by atomic mass is 79.9. The molecule has 0 fully saturated rings. The molecule has 0 spiro atoms. The van der Waals surface area contributed by atoms with E-state index in [9.17, 15) is 57.5 Å². The highest BCUT2D eigenvalue weighted by Gasteiger charge is 2.52. The van der Waals surface area contributed by atoms with E-state index in [-0.39, 0.29) is 16.7 Å². The first kappa shape index (κ1) is 46.0. The minimum atomic E-state index is -7.22. The monoisotopic (exact) mass is 938 g/mol. The number of Topliss-reactive ketones (excluding diaryl/α,β-unsaturated/α-hetero) is 1. The molecule has 0 N–H and O–H groups in total. The molecule has 1 nitrogen and oxygen atoms in total. The molecule has 0 heterocycles. The zero-order valence-electron chi connectivity index (χ0n) is 27.8. The van der Waals surface area contributed by atoms with Crippen molar-refractivity contribution in [3.05, 3.63) is 151 Å². The summed E-state index contributed by atoms with van der Waals surface area (Å²) < 4.78 is 295. The molecule has 0 saturated carbocycles. The molecule has 24 heteroatoms. The van der Waals surface area contributed by atoms with Gasteiger partial charge in [-0.2, -0.15) is 0 Å². The smallest absolute Gasteiger partial charge is 0.211 e. The molecule has 5 rings (SSSR count). The summed E-state index contributed by atoms with van der Waals surface area (Å²) >= 11 is 3.34. The number of halogens is 21. The topological polar surface area (TPSA) is 17.1 Å². The quantitative estimate of drug-likeness (QED) is 0.0401.